The molecule has 0 aliphatic rings. The summed E-state index contributed by atoms with van der Waals surface area (Å²) in [6.45, 7) is 0. The van der Waals surface area contributed by atoms with E-state index in [4.69, 9.17) is 51.5 Å². The Morgan fingerprint density at radius 2 is 1.47 bits per heavy atom. The molecule has 2 rings (SSSR count). The van der Waals surface area contributed by atoms with Crippen LogP contribution in [0.15, 0.2) is 18.6 Å². The van der Waals surface area contributed by atoms with Crippen molar-refractivity contribution in [3.05, 3.63) is 44.9 Å². The fraction of sp³-hybridized carbons (Fsp3) is 0. The molecule has 0 unspecified atom stereocenters. The molecule has 19 heavy (non-hydrogen) atoms. The molecule has 0 saturated carbocycles. The van der Waals surface area contributed by atoms with Crippen LogP contribution in [-0.2, 0) is 0 Å². The van der Waals surface area contributed by atoms with Gasteiger partial charge in [-0.05, 0) is 0 Å². The van der Waals surface area contributed by atoms with E-state index in [1.165, 1.54) is 12.4 Å². The van der Waals surface area contributed by atoms with E-state index in [-0.39, 0.29) is 16.0 Å². The zero-order chi connectivity index (χ0) is 14.4. The lowest BCUT2D eigenvalue weighted by atomic mass is 10.5. The molecule has 0 atom stereocenters. The molecule has 100 valence electrons. The van der Waals surface area contributed by atoms with Crippen LogP contribution in [0.5, 0.6) is 0 Å². The van der Waals surface area contributed by atoms with Crippen molar-refractivity contribution in [1.29, 1.82) is 0 Å². The number of hydrogen-bond donors (Lipinski definition) is 1. The summed E-state index contributed by atoms with van der Waals surface area (Å²) in [6.07, 6.45) is 3.97. The Balaban J connectivity index is 0.000000200. The molecule has 2 aromatic heterocycles. The number of rotatable bonds is 1. The van der Waals surface area contributed by atoms with E-state index < -0.39 is 5.97 Å². The van der Waals surface area contributed by atoms with Crippen molar-refractivity contribution in [1.82, 2.24) is 19.9 Å². The van der Waals surface area contributed by atoms with Crippen molar-refractivity contribution in [2.24, 2.45) is 0 Å². The molecule has 2 heterocycles. The van der Waals surface area contributed by atoms with Crippen molar-refractivity contribution in [3.63, 3.8) is 0 Å². The molecule has 0 saturated heterocycles. The number of aromatic nitrogens is 4. The SMILES string of the molecule is Clc1cncc(Cl)n1.O=C(O)c1ncc(Cl)nc1Cl. The van der Waals surface area contributed by atoms with E-state index in [1.807, 2.05) is 0 Å². The van der Waals surface area contributed by atoms with Gasteiger partial charge in [0.2, 0.25) is 0 Å². The van der Waals surface area contributed by atoms with Gasteiger partial charge >= 0.3 is 5.97 Å². The molecule has 0 amide bonds. The molecule has 10 heteroatoms. The Bertz CT molecular complexity index is 579. The van der Waals surface area contributed by atoms with Crippen LogP contribution in [-0.4, -0.2) is 31.0 Å². The Kier molecular flexibility index (Phi) is 6.17. The minimum Gasteiger partial charge on any atom is -0.476 e. The number of carbonyl (C=O) groups is 1. The van der Waals surface area contributed by atoms with Crippen LogP contribution in [0.3, 0.4) is 0 Å². The first-order valence-corrected chi connectivity index (χ1v) is 5.95. The number of carboxylic acids is 1. The molecular weight excluding hydrogens is 338 g/mol. The maximum absolute atomic E-state index is 10.3. The highest BCUT2D eigenvalue weighted by Crippen LogP contribution is 2.12. The smallest absolute Gasteiger partial charge is 0.357 e. The highest BCUT2D eigenvalue weighted by molar-refractivity contribution is 6.34. The summed E-state index contributed by atoms with van der Waals surface area (Å²) in [5.41, 5.74) is -0.295. The monoisotopic (exact) mass is 340 g/mol. The number of nitrogens with zero attached hydrogens (tertiary/aromatic N) is 4. The topological polar surface area (TPSA) is 88.9 Å². The van der Waals surface area contributed by atoms with Gasteiger partial charge < -0.3 is 5.11 Å². The van der Waals surface area contributed by atoms with Gasteiger partial charge in [0.25, 0.3) is 0 Å². The van der Waals surface area contributed by atoms with Crippen LogP contribution in [0, 0.1) is 0 Å². The van der Waals surface area contributed by atoms with Gasteiger partial charge in [-0.15, -0.1) is 0 Å². The highest BCUT2D eigenvalue weighted by Gasteiger charge is 2.11. The number of aromatic carboxylic acids is 1. The van der Waals surface area contributed by atoms with Gasteiger partial charge in [-0.3, -0.25) is 4.98 Å². The second kappa shape index (κ2) is 7.40. The summed E-state index contributed by atoms with van der Waals surface area (Å²) in [6, 6.07) is 0. The minimum atomic E-state index is -1.22. The maximum atomic E-state index is 10.3. The Morgan fingerprint density at radius 1 is 0.947 bits per heavy atom. The summed E-state index contributed by atoms with van der Waals surface area (Å²) in [7, 11) is 0. The van der Waals surface area contributed by atoms with Crippen LogP contribution in [0.25, 0.3) is 0 Å². The van der Waals surface area contributed by atoms with Gasteiger partial charge in [0.15, 0.2) is 10.8 Å². The molecule has 1 N–H and O–H groups in total. The van der Waals surface area contributed by atoms with Crippen LogP contribution in [0.1, 0.15) is 10.5 Å². The Hall–Kier alpha value is -1.21. The summed E-state index contributed by atoms with van der Waals surface area (Å²) in [5, 5.41) is 8.93. The van der Waals surface area contributed by atoms with Crippen LogP contribution in [0.4, 0.5) is 0 Å². The highest BCUT2D eigenvalue weighted by atomic mass is 35.5. The second-order valence-electron chi connectivity index (χ2n) is 2.80. The third-order valence-corrected chi connectivity index (χ3v) is 2.29. The van der Waals surface area contributed by atoms with E-state index in [0.29, 0.717) is 10.3 Å². The van der Waals surface area contributed by atoms with Crippen molar-refractivity contribution >= 4 is 52.4 Å². The summed E-state index contributed by atoms with van der Waals surface area (Å²) >= 11 is 21.5. The summed E-state index contributed by atoms with van der Waals surface area (Å²) < 4.78 is 0. The van der Waals surface area contributed by atoms with Gasteiger partial charge in [0, 0.05) is 0 Å². The van der Waals surface area contributed by atoms with Crippen molar-refractivity contribution in [2.75, 3.05) is 0 Å². The fourth-order valence-corrected chi connectivity index (χ4v) is 1.55. The standard InChI is InChI=1S/C5H2Cl2N2O2.C4H2Cl2N2/c6-2-1-8-3(5(10)11)4(7)9-2;5-3-1-7-2-4(6)8-3/h1H,(H,10,11);1-2H. The third-order valence-electron chi connectivity index (χ3n) is 1.48. The first-order valence-electron chi connectivity index (χ1n) is 4.44. The van der Waals surface area contributed by atoms with E-state index in [2.05, 4.69) is 19.9 Å². The van der Waals surface area contributed by atoms with E-state index in [9.17, 15) is 4.79 Å². The predicted octanol–water partition coefficient (Wildman–Crippen LogP) is 3.27. The zero-order valence-corrected chi connectivity index (χ0v) is 11.9. The zero-order valence-electron chi connectivity index (χ0n) is 8.89. The van der Waals surface area contributed by atoms with Crippen molar-refractivity contribution < 1.29 is 9.90 Å². The van der Waals surface area contributed by atoms with Crippen LogP contribution in [0.2, 0.25) is 20.6 Å². The normalized spacial score (nSPS) is 9.47. The first kappa shape index (κ1) is 15.8. The number of hydrogen-bond acceptors (Lipinski definition) is 5. The minimum absolute atomic E-state index is 0.0694. The van der Waals surface area contributed by atoms with E-state index >= 15 is 0 Å². The summed E-state index contributed by atoms with van der Waals surface area (Å²) in [4.78, 5) is 24.5. The predicted molar refractivity (Wildman–Crippen MR) is 71.1 cm³/mol. The molecule has 0 bridgehead atoms. The molecule has 0 aromatic carbocycles. The Morgan fingerprint density at radius 3 is 1.84 bits per heavy atom. The van der Waals surface area contributed by atoms with Gasteiger partial charge in [-0.25, -0.2) is 19.7 Å². The Labute approximate surface area is 127 Å². The average Bonchev–Trinajstić information content (AvgIpc) is 2.28. The average molecular weight is 342 g/mol. The quantitative estimate of drug-likeness (QED) is 0.856. The summed E-state index contributed by atoms with van der Waals surface area (Å²) in [5.74, 6) is -1.22. The molecule has 0 aliphatic carbocycles. The van der Waals surface area contributed by atoms with Gasteiger partial charge in [0.1, 0.15) is 15.5 Å². The largest absolute Gasteiger partial charge is 0.476 e. The second-order valence-corrected chi connectivity index (χ2v) is 4.32. The number of halogens is 4. The molecule has 0 aliphatic heterocycles. The van der Waals surface area contributed by atoms with Gasteiger partial charge in [0.05, 0.1) is 18.6 Å². The van der Waals surface area contributed by atoms with Crippen LogP contribution >= 0.6 is 46.4 Å². The maximum Gasteiger partial charge on any atom is 0.357 e. The van der Waals surface area contributed by atoms with Gasteiger partial charge in [-0.1, -0.05) is 46.4 Å². The first-order chi connectivity index (χ1) is 8.90. The molecular formula is C9H4Cl4N4O2. The van der Waals surface area contributed by atoms with E-state index in [0.717, 1.165) is 6.20 Å². The fourth-order valence-electron chi connectivity index (χ4n) is 0.810. The lowest BCUT2D eigenvalue weighted by Gasteiger charge is -1.94. The lowest BCUT2D eigenvalue weighted by molar-refractivity contribution is 0.0690. The molecule has 0 radical (unpaired) electrons. The lowest BCUT2D eigenvalue weighted by Crippen LogP contribution is -2.02. The van der Waals surface area contributed by atoms with Gasteiger partial charge in [-0.2, -0.15) is 0 Å². The third kappa shape index (κ3) is 5.52. The van der Waals surface area contributed by atoms with Crippen LogP contribution < -0.4 is 0 Å². The van der Waals surface area contributed by atoms with E-state index in [1.54, 1.807) is 0 Å². The van der Waals surface area contributed by atoms with Crippen molar-refractivity contribution in [3.8, 4) is 0 Å². The molecule has 0 fully saturated rings. The molecule has 2 aromatic rings. The number of carboxylic acid groups (broad SMARTS) is 1. The van der Waals surface area contributed by atoms with Crippen molar-refractivity contribution in [2.45, 2.75) is 0 Å². The molecule has 6 nitrogen and oxygen atoms in total. The molecule has 0 spiro atoms.